The van der Waals surface area contributed by atoms with E-state index in [0.29, 0.717) is 17.9 Å². The first-order valence-corrected chi connectivity index (χ1v) is 6.06. The minimum Gasteiger partial charge on any atom is -0.294 e. The Bertz CT molecular complexity index is 406. The van der Waals surface area contributed by atoms with Gasteiger partial charge in [0.25, 0.3) is 0 Å². The van der Waals surface area contributed by atoms with Crippen LogP contribution in [0.25, 0.3) is 0 Å². The maximum Gasteiger partial charge on any atom is 0.0675 e. The Hall–Kier alpha value is -1.33. The van der Waals surface area contributed by atoms with Crippen LogP contribution in [0.4, 0.5) is 0 Å². The molecule has 0 aromatic heterocycles. The van der Waals surface area contributed by atoms with Crippen molar-refractivity contribution in [1.82, 2.24) is 4.90 Å². The van der Waals surface area contributed by atoms with E-state index < -0.39 is 0 Å². The summed E-state index contributed by atoms with van der Waals surface area (Å²) in [6.45, 7) is 2.14. The number of fused-ring (bicyclic) bond motifs is 2. The average molecular weight is 212 g/mol. The van der Waals surface area contributed by atoms with Gasteiger partial charge in [-0.25, -0.2) is 0 Å². The molecule has 1 saturated carbocycles. The van der Waals surface area contributed by atoms with Crippen LogP contribution in [0, 0.1) is 23.2 Å². The predicted molar refractivity (Wildman–Crippen MR) is 62.5 cm³/mol. The summed E-state index contributed by atoms with van der Waals surface area (Å²) in [5.74, 6) is 0.933. The first kappa shape index (κ1) is 9.86. The number of nitriles is 1. The largest absolute Gasteiger partial charge is 0.294 e. The fourth-order valence-electron chi connectivity index (χ4n) is 3.30. The minimum atomic E-state index is 0.295. The fourth-order valence-corrected chi connectivity index (χ4v) is 3.30. The van der Waals surface area contributed by atoms with Gasteiger partial charge in [-0.3, -0.25) is 4.90 Å². The fraction of sp³-hybridized carbons (Fsp3) is 0.500. The van der Waals surface area contributed by atoms with Crippen molar-refractivity contribution in [2.45, 2.75) is 25.4 Å². The van der Waals surface area contributed by atoms with E-state index in [4.69, 9.17) is 5.26 Å². The summed E-state index contributed by atoms with van der Waals surface area (Å²) in [5.41, 5.74) is 1.37. The van der Waals surface area contributed by atoms with Gasteiger partial charge >= 0.3 is 0 Å². The Morgan fingerprint density at radius 2 is 2.06 bits per heavy atom. The predicted octanol–water partition coefficient (Wildman–Crippen LogP) is 2.42. The minimum absolute atomic E-state index is 0.295. The highest BCUT2D eigenvalue weighted by Gasteiger charge is 2.46. The number of rotatable bonds is 2. The van der Waals surface area contributed by atoms with E-state index in [2.05, 4.69) is 41.3 Å². The van der Waals surface area contributed by atoms with E-state index in [1.165, 1.54) is 18.4 Å². The van der Waals surface area contributed by atoms with Gasteiger partial charge in [0.05, 0.1) is 12.0 Å². The van der Waals surface area contributed by atoms with Crippen molar-refractivity contribution >= 4 is 0 Å². The molecule has 0 radical (unpaired) electrons. The molecule has 1 aliphatic heterocycles. The van der Waals surface area contributed by atoms with Gasteiger partial charge in [0.1, 0.15) is 0 Å². The second-order valence-corrected chi connectivity index (χ2v) is 4.97. The number of benzene rings is 1. The van der Waals surface area contributed by atoms with E-state index in [9.17, 15) is 0 Å². The van der Waals surface area contributed by atoms with Gasteiger partial charge in [-0.1, -0.05) is 30.3 Å². The maximum atomic E-state index is 9.15. The van der Waals surface area contributed by atoms with Crippen molar-refractivity contribution in [3.8, 4) is 6.07 Å². The van der Waals surface area contributed by atoms with Crippen LogP contribution < -0.4 is 0 Å². The highest BCUT2D eigenvalue weighted by Crippen LogP contribution is 2.42. The molecule has 1 heterocycles. The molecule has 2 fully saturated rings. The van der Waals surface area contributed by atoms with Crippen molar-refractivity contribution in [3.05, 3.63) is 35.9 Å². The number of nitrogens with zero attached hydrogens (tertiary/aromatic N) is 2. The zero-order valence-corrected chi connectivity index (χ0v) is 9.34. The van der Waals surface area contributed by atoms with E-state index in [1.807, 2.05) is 0 Å². The zero-order chi connectivity index (χ0) is 11.0. The summed E-state index contributed by atoms with van der Waals surface area (Å²) in [4.78, 5) is 2.50. The molecule has 3 atom stereocenters. The Morgan fingerprint density at radius 3 is 2.75 bits per heavy atom. The molecule has 2 heteroatoms. The van der Waals surface area contributed by atoms with Crippen LogP contribution in [0.5, 0.6) is 0 Å². The van der Waals surface area contributed by atoms with Crippen molar-refractivity contribution in [2.75, 3.05) is 6.54 Å². The second-order valence-electron chi connectivity index (χ2n) is 4.97. The Kier molecular flexibility index (Phi) is 2.41. The van der Waals surface area contributed by atoms with Gasteiger partial charge in [-0.15, -0.1) is 0 Å². The van der Waals surface area contributed by atoms with Crippen LogP contribution in [-0.4, -0.2) is 17.5 Å². The molecule has 1 saturated heterocycles. The monoisotopic (exact) mass is 212 g/mol. The molecule has 2 bridgehead atoms. The lowest BCUT2D eigenvalue weighted by atomic mass is 10.0. The van der Waals surface area contributed by atoms with Crippen LogP contribution in [0.3, 0.4) is 0 Å². The standard InChI is InChI=1S/C14H16N2/c15-8-13-12-6-7-14(13)16(10-12)9-11-4-2-1-3-5-11/h1-5,12-14H,6-7,9-10H2/t12-,13+,14-/m1/s1. The van der Waals surface area contributed by atoms with Gasteiger partial charge in [0.15, 0.2) is 0 Å². The summed E-state index contributed by atoms with van der Waals surface area (Å²) in [6.07, 6.45) is 2.48. The van der Waals surface area contributed by atoms with E-state index >= 15 is 0 Å². The van der Waals surface area contributed by atoms with Gasteiger partial charge in [-0.05, 0) is 24.3 Å². The highest BCUT2D eigenvalue weighted by molar-refractivity contribution is 5.16. The van der Waals surface area contributed by atoms with Crippen molar-refractivity contribution < 1.29 is 0 Å². The average Bonchev–Trinajstić information content (AvgIpc) is 2.86. The normalized spacial score (nSPS) is 32.8. The van der Waals surface area contributed by atoms with Gasteiger partial charge in [0.2, 0.25) is 0 Å². The summed E-state index contributed by atoms with van der Waals surface area (Å²) in [7, 11) is 0. The van der Waals surface area contributed by atoms with Gasteiger partial charge in [-0.2, -0.15) is 5.26 Å². The molecule has 0 spiro atoms. The molecule has 0 amide bonds. The summed E-state index contributed by atoms with van der Waals surface area (Å²) in [6, 6.07) is 13.6. The van der Waals surface area contributed by atoms with Crippen LogP contribution in [0.15, 0.2) is 30.3 Å². The SMILES string of the molecule is N#C[C@H]1[C@@H]2CC[C@H]1N(Cc1ccccc1)C2. The van der Waals surface area contributed by atoms with Crippen LogP contribution in [0.1, 0.15) is 18.4 Å². The topological polar surface area (TPSA) is 27.0 Å². The number of piperidine rings is 1. The Morgan fingerprint density at radius 1 is 1.25 bits per heavy atom. The molecule has 1 aromatic rings. The molecule has 1 aliphatic carbocycles. The maximum absolute atomic E-state index is 9.15. The first-order chi connectivity index (χ1) is 7.88. The lowest BCUT2D eigenvalue weighted by molar-refractivity contribution is 0.202. The summed E-state index contributed by atoms with van der Waals surface area (Å²) < 4.78 is 0. The van der Waals surface area contributed by atoms with E-state index in [0.717, 1.165) is 13.1 Å². The Balaban J connectivity index is 1.73. The first-order valence-electron chi connectivity index (χ1n) is 6.06. The molecule has 2 nitrogen and oxygen atoms in total. The molecule has 2 aliphatic rings. The molecule has 3 rings (SSSR count). The van der Waals surface area contributed by atoms with Gasteiger partial charge < -0.3 is 0 Å². The zero-order valence-electron chi connectivity index (χ0n) is 9.34. The number of hydrogen-bond acceptors (Lipinski definition) is 2. The van der Waals surface area contributed by atoms with E-state index in [-0.39, 0.29) is 0 Å². The van der Waals surface area contributed by atoms with Crippen molar-refractivity contribution in [3.63, 3.8) is 0 Å². The smallest absolute Gasteiger partial charge is 0.0675 e. The van der Waals surface area contributed by atoms with Crippen LogP contribution >= 0.6 is 0 Å². The van der Waals surface area contributed by atoms with Crippen LogP contribution in [-0.2, 0) is 6.54 Å². The summed E-state index contributed by atoms with van der Waals surface area (Å²) in [5, 5.41) is 9.15. The third kappa shape index (κ3) is 1.52. The highest BCUT2D eigenvalue weighted by atomic mass is 15.2. The molecule has 0 unspecified atom stereocenters. The molecule has 0 N–H and O–H groups in total. The molecular weight excluding hydrogens is 196 g/mol. The second kappa shape index (κ2) is 3.92. The van der Waals surface area contributed by atoms with Gasteiger partial charge in [0, 0.05) is 19.1 Å². The molecule has 1 aromatic carbocycles. The third-order valence-corrected chi connectivity index (χ3v) is 4.07. The number of hydrogen-bond donors (Lipinski definition) is 0. The number of likely N-dealkylation sites (tertiary alicyclic amines) is 1. The van der Waals surface area contributed by atoms with Crippen LogP contribution in [0.2, 0.25) is 0 Å². The molecule has 16 heavy (non-hydrogen) atoms. The molecular formula is C14H16N2. The Labute approximate surface area is 96.5 Å². The van der Waals surface area contributed by atoms with Crippen molar-refractivity contribution in [2.24, 2.45) is 11.8 Å². The third-order valence-electron chi connectivity index (χ3n) is 4.07. The molecule has 82 valence electrons. The van der Waals surface area contributed by atoms with E-state index in [1.54, 1.807) is 0 Å². The lowest BCUT2D eigenvalue weighted by Gasteiger charge is -2.26. The lowest BCUT2D eigenvalue weighted by Crippen LogP contribution is -2.32. The quantitative estimate of drug-likeness (QED) is 0.752. The summed E-state index contributed by atoms with van der Waals surface area (Å²) >= 11 is 0. The van der Waals surface area contributed by atoms with Crippen molar-refractivity contribution in [1.29, 1.82) is 5.26 Å².